The third-order valence-electron chi connectivity index (χ3n) is 2.63. The predicted octanol–water partition coefficient (Wildman–Crippen LogP) is 2.81. The van der Waals surface area contributed by atoms with Crippen molar-refractivity contribution in [1.82, 2.24) is 19.6 Å². The first-order chi connectivity index (χ1) is 9.05. The largest absolute Gasteiger partial charge is 0.433 e. The minimum absolute atomic E-state index is 0.527. The van der Waals surface area contributed by atoms with Crippen molar-refractivity contribution < 1.29 is 13.2 Å². The number of pyridine rings is 1. The van der Waals surface area contributed by atoms with Crippen LogP contribution in [0.25, 0.3) is 16.9 Å². The van der Waals surface area contributed by atoms with Gasteiger partial charge in [0.1, 0.15) is 5.69 Å². The summed E-state index contributed by atoms with van der Waals surface area (Å²) in [6.07, 6.45) is -0.139. The first-order valence-electron chi connectivity index (χ1n) is 5.38. The third-order valence-corrected chi connectivity index (χ3v) is 2.63. The SMILES string of the molecule is FC(F)(F)c1ccc(-c2cnc3cccnn23)cn1. The van der Waals surface area contributed by atoms with Crippen LogP contribution in [-0.2, 0) is 6.18 Å². The number of fused-ring (bicyclic) bond motifs is 1. The molecule has 3 aromatic rings. The van der Waals surface area contributed by atoms with Crippen LogP contribution in [0, 0.1) is 0 Å². The number of hydrogen-bond donors (Lipinski definition) is 0. The highest BCUT2D eigenvalue weighted by Crippen LogP contribution is 2.28. The molecular formula is C12H7F3N4. The van der Waals surface area contributed by atoms with Gasteiger partial charge in [-0.1, -0.05) is 0 Å². The molecule has 0 bridgehead atoms. The summed E-state index contributed by atoms with van der Waals surface area (Å²) < 4.78 is 38.8. The Labute approximate surface area is 105 Å². The van der Waals surface area contributed by atoms with Crippen molar-refractivity contribution in [3.8, 4) is 11.3 Å². The van der Waals surface area contributed by atoms with Crippen LogP contribution in [0.15, 0.2) is 42.9 Å². The number of rotatable bonds is 1. The summed E-state index contributed by atoms with van der Waals surface area (Å²) in [5.74, 6) is 0. The summed E-state index contributed by atoms with van der Waals surface area (Å²) in [5.41, 5.74) is 0.825. The van der Waals surface area contributed by atoms with E-state index in [1.165, 1.54) is 12.3 Å². The van der Waals surface area contributed by atoms with Gasteiger partial charge in [0.05, 0.1) is 11.9 Å². The van der Waals surface area contributed by atoms with Crippen LogP contribution in [-0.4, -0.2) is 19.6 Å². The van der Waals surface area contributed by atoms with Crippen LogP contribution < -0.4 is 0 Å². The summed E-state index contributed by atoms with van der Waals surface area (Å²) in [7, 11) is 0. The van der Waals surface area contributed by atoms with Crippen LogP contribution in [0.1, 0.15) is 5.69 Å². The lowest BCUT2D eigenvalue weighted by Crippen LogP contribution is -2.07. The number of nitrogens with zero attached hydrogens (tertiary/aromatic N) is 4. The van der Waals surface area contributed by atoms with Crippen molar-refractivity contribution in [2.75, 3.05) is 0 Å². The molecule has 7 heteroatoms. The Morgan fingerprint density at radius 2 is 1.84 bits per heavy atom. The van der Waals surface area contributed by atoms with Gasteiger partial charge >= 0.3 is 6.18 Å². The van der Waals surface area contributed by atoms with Gasteiger partial charge < -0.3 is 0 Å². The van der Waals surface area contributed by atoms with Crippen molar-refractivity contribution in [2.45, 2.75) is 6.18 Å². The normalized spacial score (nSPS) is 11.9. The van der Waals surface area contributed by atoms with Crippen LogP contribution in [0.5, 0.6) is 0 Å². The van der Waals surface area contributed by atoms with Gasteiger partial charge in [-0.15, -0.1) is 0 Å². The quantitative estimate of drug-likeness (QED) is 0.678. The molecule has 0 unspecified atom stereocenters. The summed E-state index contributed by atoms with van der Waals surface area (Å²) in [4.78, 5) is 7.54. The molecule has 0 fully saturated rings. The lowest BCUT2D eigenvalue weighted by molar-refractivity contribution is -0.141. The number of halogens is 3. The van der Waals surface area contributed by atoms with Gasteiger partial charge in [0, 0.05) is 18.0 Å². The zero-order chi connectivity index (χ0) is 13.5. The molecular weight excluding hydrogens is 257 g/mol. The molecule has 0 saturated heterocycles. The first-order valence-corrected chi connectivity index (χ1v) is 5.38. The van der Waals surface area contributed by atoms with E-state index in [1.807, 2.05) is 0 Å². The van der Waals surface area contributed by atoms with Gasteiger partial charge in [-0.05, 0) is 24.3 Å². The number of imidazole rings is 1. The summed E-state index contributed by atoms with van der Waals surface area (Å²) in [6.45, 7) is 0. The van der Waals surface area contributed by atoms with E-state index in [0.29, 0.717) is 16.9 Å². The van der Waals surface area contributed by atoms with Gasteiger partial charge in [0.25, 0.3) is 0 Å². The van der Waals surface area contributed by atoms with E-state index in [2.05, 4.69) is 15.1 Å². The van der Waals surface area contributed by atoms with Crippen molar-refractivity contribution in [3.05, 3.63) is 48.5 Å². The van der Waals surface area contributed by atoms with Crippen molar-refractivity contribution in [2.24, 2.45) is 0 Å². The van der Waals surface area contributed by atoms with Crippen molar-refractivity contribution >= 4 is 5.65 Å². The summed E-state index contributed by atoms with van der Waals surface area (Å²) in [6, 6.07) is 5.79. The molecule has 0 aromatic carbocycles. The van der Waals surface area contributed by atoms with E-state index in [-0.39, 0.29) is 0 Å². The lowest BCUT2D eigenvalue weighted by atomic mass is 10.2. The molecule has 3 heterocycles. The lowest BCUT2D eigenvalue weighted by Gasteiger charge is -2.06. The zero-order valence-corrected chi connectivity index (χ0v) is 9.46. The Bertz CT molecular complexity index is 716. The Morgan fingerprint density at radius 3 is 2.53 bits per heavy atom. The number of hydrogen-bond acceptors (Lipinski definition) is 3. The van der Waals surface area contributed by atoms with Crippen LogP contribution in [0.2, 0.25) is 0 Å². The topological polar surface area (TPSA) is 43.1 Å². The predicted molar refractivity (Wildman–Crippen MR) is 61.2 cm³/mol. The van der Waals surface area contributed by atoms with Crippen molar-refractivity contribution in [1.29, 1.82) is 0 Å². The van der Waals surface area contributed by atoms with E-state index in [4.69, 9.17) is 0 Å². The Hall–Kier alpha value is -2.44. The second-order valence-electron chi connectivity index (χ2n) is 3.87. The summed E-state index contributed by atoms with van der Waals surface area (Å²) in [5, 5.41) is 4.09. The van der Waals surface area contributed by atoms with E-state index >= 15 is 0 Å². The fourth-order valence-electron chi connectivity index (χ4n) is 1.74. The van der Waals surface area contributed by atoms with Gasteiger partial charge in [-0.25, -0.2) is 9.50 Å². The van der Waals surface area contributed by atoms with Crippen molar-refractivity contribution in [3.63, 3.8) is 0 Å². The van der Waals surface area contributed by atoms with E-state index in [9.17, 15) is 13.2 Å². The smallest absolute Gasteiger partial charge is 0.251 e. The average Bonchev–Trinajstić information content (AvgIpc) is 2.82. The zero-order valence-electron chi connectivity index (χ0n) is 9.46. The fraction of sp³-hybridized carbons (Fsp3) is 0.0833. The second kappa shape index (κ2) is 4.04. The third kappa shape index (κ3) is 2.03. The highest BCUT2D eigenvalue weighted by Gasteiger charge is 2.32. The van der Waals surface area contributed by atoms with Gasteiger partial charge in [-0.3, -0.25) is 4.98 Å². The van der Waals surface area contributed by atoms with Crippen LogP contribution in [0.3, 0.4) is 0 Å². The summed E-state index contributed by atoms with van der Waals surface area (Å²) >= 11 is 0. The standard InChI is InChI=1S/C12H7F3N4/c13-12(14,15)10-4-3-8(6-16-10)9-7-17-11-2-1-5-18-19(9)11/h1-7H. The minimum atomic E-state index is -4.43. The molecule has 0 aliphatic rings. The van der Waals surface area contributed by atoms with Gasteiger partial charge in [-0.2, -0.15) is 18.3 Å². The molecule has 0 atom stereocenters. The molecule has 96 valence electrons. The fourth-order valence-corrected chi connectivity index (χ4v) is 1.74. The molecule has 0 amide bonds. The molecule has 0 aliphatic carbocycles. The second-order valence-corrected chi connectivity index (χ2v) is 3.87. The maximum atomic E-state index is 12.4. The maximum absolute atomic E-state index is 12.4. The van der Waals surface area contributed by atoms with Gasteiger partial charge in [0.2, 0.25) is 0 Å². The Balaban J connectivity index is 2.07. The maximum Gasteiger partial charge on any atom is 0.433 e. The highest BCUT2D eigenvalue weighted by atomic mass is 19.4. The Morgan fingerprint density at radius 1 is 1.00 bits per heavy atom. The van der Waals surface area contributed by atoms with E-state index in [1.54, 1.807) is 29.0 Å². The molecule has 0 spiro atoms. The monoisotopic (exact) mass is 264 g/mol. The first kappa shape index (κ1) is 11.6. The molecule has 0 aliphatic heterocycles. The van der Waals surface area contributed by atoms with E-state index in [0.717, 1.165) is 6.07 Å². The number of aromatic nitrogens is 4. The minimum Gasteiger partial charge on any atom is -0.251 e. The van der Waals surface area contributed by atoms with Crippen LogP contribution in [0.4, 0.5) is 13.2 Å². The molecule has 3 aromatic heterocycles. The Kier molecular flexibility index (Phi) is 2.48. The number of alkyl halides is 3. The van der Waals surface area contributed by atoms with Gasteiger partial charge in [0.15, 0.2) is 5.65 Å². The average molecular weight is 264 g/mol. The highest BCUT2D eigenvalue weighted by molar-refractivity contribution is 5.61. The molecule has 0 N–H and O–H groups in total. The van der Waals surface area contributed by atoms with Crippen LogP contribution >= 0.6 is 0 Å². The van der Waals surface area contributed by atoms with E-state index < -0.39 is 11.9 Å². The molecule has 0 saturated carbocycles. The molecule has 19 heavy (non-hydrogen) atoms. The molecule has 4 nitrogen and oxygen atoms in total. The molecule has 0 radical (unpaired) electrons. The molecule has 3 rings (SSSR count).